The number of pyridine rings is 1. The molecule has 0 aliphatic carbocycles. The van der Waals surface area contributed by atoms with Crippen molar-refractivity contribution in [1.82, 2.24) is 4.98 Å². The molecule has 0 aliphatic heterocycles. The summed E-state index contributed by atoms with van der Waals surface area (Å²) in [5.41, 5.74) is 8.12. The van der Waals surface area contributed by atoms with E-state index in [-0.39, 0.29) is 11.9 Å². The molecule has 2 aromatic carbocycles. The second kappa shape index (κ2) is 6.24. The molecule has 106 valence electrons. The van der Waals surface area contributed by atoms with Crippen LogP contribution < -0.4 is 5.73 Å². The molecule has 2 N–H and O–H groups in total. The van der Waals surface area contributed by atoms with E-state index in [1.807, 2.05) is 30.3 Å². The SMILES string of the molecule is NC(CSc1ccccc1F)c1cnc2ccccc2c1. The molecule has 1 unspecified atom stereocenters. The Morgan fingerprint density at radius 1 is 1.10 bits per heavy atom. The normalized spacial score (nSPS) is 12.5. The molecule has 4 heteroatoms. The predicted molar refractivity (Wildman–Crippen MR) is 85.8 cm³/mol. The van der Waals surface area contributed by atoms with Crippen molar-refractivity contribution in [3.63, 3.8) is 0 Å². The van der Waals surface area contributed by atoms with Gasteiger partial charge in [-0.1, -0.05) is 30.3 Å². The summed E-state index contributed by atoms with van der Waals surface area (Å²) in [6.07, 6.45) is 1.80. The van der Waals surface area contributed by atoms with Crippen LogP contribution in [-0.4, -0.2) is 10.7 Å². The summed E-state index contributed by atoms with van der Waals surface area (Å²) < 4.78 is 13.6. The van der Waals surface area contributed by atoms with Gasteiger partial charge in [-0.2, -0.15) is 0 Å². The number of para-hydroxylation sites is 1. The fraction of sp³-hybridized carbons (Fsp3) is 0.118. The zero-order valence-corrected chi connectivity index (χ0v) is 12.2. The number of nitrogens with two attached hydrogens (primary N) is 1. The molecule has 0 aliphatic rings. The summed E-state index contributed by atoms with van der Waals surface area (Å²) in [6.45, 7) is 0. The molecule has 0 spiro atoms. The number of benzene rings is 2. The van der Waals surface area contributed by atoms with E-state index in [0.29, 0.717) is 10.6 Å². The molecule has 3 aromatic rings. The Morgan fingerprint density at radius 2 is 1.86 bits per heavy atom. The van der Waals surface area contributed by atoms with Crippen molar-refractivity contribution in [3.8, 4) is 0 Å². The van der Waals surface area contributed by atoms with Gasteiger partial charge in [0.2, 0.25) is 0 Å². The molecule has 2 nitrogen and oxygen atoms in total. The molecular weight excluding hydrogens is 283 g/mol. The molecule has 21 heavy (non-hydrogen) atoms. The average molecular weight is 298 g/mol. The lowest BCUT2D eigenvalue weighted by Gasteiger charge is -2.12. The Hall–Kier alpha value is -1.91. The number of hydrogen-bond donors (Lipinski definition) is 1. The van der Waals surface area contributed by atoms with E-state index in [4.69, 9.17) is 5.73 Å². The first-order chi connectivity index (χ1) is 10.2. The highest BCUT2D eigenvalue weighted by molar-refractivity contribution is 7.99. The Labute approximate surface area is 127 Å². The molecule has 1 heterocycles. The van der Waals surface area contributed by atoms with E-state index >= 15 is 0 Å². The zero-order chi connectivity index (χ0) is 14.7. The first-order valence-corrected chi connectivity index (χ1v) is 7.70. The molecule has 0 radical (unpaired) electrons. The van der Waals surface area contributed by atoms with Crippen LogP contribution in [0.25, 0.3) is 10.9 Å². The predicted octanol–water partition coefficient (Wildman–Crippen LogP) is 4.17. The summed E-state index contributed by atoms with van der Waals surface area (Å²) >= 11 is 1.43. The second-order valence-corrected chi connectivity index (χ2v) is 5.87. The van der Waals surface area contributed by atoms with Gasteiger partial charge in [0, 0.05) is 28.3 Å². The molecule has 1 aromatic heterocycles. The number of rotatable bonds is 4. The second-order valence-electron chi connectivity index (χ2n) is 4.81. The maximum absolute atomic E-state index is 13.6. The third-order valence-corrected chi connectivity index (χ3v) is 4.46. The molecule has 0 amide bonds. The number of hydrogen-bond acceptors (Lipinski definition) is 3. The van der Waals surface area contributed by atoms with Crippen LogP contribution in [0.3, 0.4) is 0 Å². The van der Waals surface area contributed by atoms with Crippen LogP contribution in [0.4, 0.5) is 4.39 Å². The van der Waals surface area contributed by atoms with Crippen molar-refractivity contribution in [1.29, 1.82) is 0 Å². The third kappa shape index (κ3) is 3.23. The molecule has 0 bridgehead atoms. The van der Waals surface area contributed by atoms with Gasteiger partial charge < -0.3 is 5.73 Å². The lowest BCUT2D eigenvalue weighted by atomic mass is 10.1. The van der Waals surface area contributed by atoms with Crippen molar-refractivity contribution in [2.75, 3.05) is 5.75 Å². The monoisotopic (exact) mass is 298 g/mol. The van der Waals surface area contributed by atoms with Crippen LogP contribution in [0.1, 0.15) is 11.6 Å². The van der Waals surface area contributed by atoms with E-state index in [1.54, 1.807) is 18.3 Å². The maximum Gasteiger partial charge on any atom is 0.136 e. The fourth-order valence-electron chi connectivity index (χ4n) is 2.13. The van der Waals surface area contributed by atoms with Crippen molar-refractivity contribution in [2.24, 2.45) is 5.73 Å². The average Bonchev–Trinajstić information content (AvgIpc) is 2.53. The topological polar surface area (TPSA) is 38.9 Å². The number of fused-ring (bicyclic) bond motifs is 1. The molecular formula is C17H15FN2S. The van der Waals surface area contributed by atoms with Crippen molar-refractivity contribution >= 4 is 22.7 Å². The van der Waals surface area contributed by atoms with Crippen molar-refractivity contribution in [3.05, 3.63) is 72.2 Å². The molecule has 0 saturated carbocycles. The van der Waals surface area contributed by atoms with Gasteiger partial charge in [0.25, 0.3) is 0 Å². The highest BCUT2D eigenvalue weighted by Crippen LogP contribution is 2.26. The van der Waals surface area contributed by atoms with E-state index in [2.05, 4.69) is 11.1 Å². The van der Waals surface area contributed by atoms with Crippen LogP contribution >= 0.6 is 11.8 Å². The van der Waals surface area contributed by atoms with E-state index < -0.39 is 0 Å². The first kappa shape index (κ1) is 14.0. The fourth-order valence-corrected chi connectivity index (χ4v) is 3.06. The lowest BCUT2D eigenvalue weighted by Crippen LogP contribution is -2.13. The summed E-state index contributed by atoms with van der Waals surface area (Å²) in [4.78, 5) is 5.04. The molecule has 3 rings (SSSR count). The third-order valence-electron chi connectivity index (χ3n) is 3.29. The molecule has 1 atom stereocenters. The zero-order valence-electron chi connectivity index (χ0n) is 11.4. The van der Waals surface area contributed by atoms with Crippen LogP contribution in [0.5, 0.6) is 0 Å². The van der Waals surface area contributed by atoms with Crippen molar-refractivity contribution < 1.29 is 4.39 Å². The number of halogens is 1. The Bertz CT molecular complexity index is 760. The summed E-state index contributed by atoms with van der Waals surface area (Å²) in [6, 6.07) is 16.6. The highest BCUT2D eigenvalue weighted by atomic mass is 32.2. The number of nitrogens with zero attached hydrogens (tertiary/aromatic N) is 1. The van der Waals surface area contributed by atoms with Crippen LogP contribution in [0.15, 0.2) is 65.7 Å². The van der Waals surface area contributed by atoms with E-state index in [0.717, 1.165) is 16.5 Å². The van der Waals surface area contributed by atoms with Gasteiger partial charge in [-0.05, 0) is 29.8 Å². The van der Waals surface area contributed by atoms with Crippen LogP contribution in [0.2, 0.25) is 0 Å². The maximum atomic E-state index is 13.6. The minimum absolute atomic E-state index is 0.174. The highest BCUT2D eigenvalue weighted by Gasteiger charge is 2.10. The Balaban J connectivity index is 1.75. The molecule has 0 fully saturated rings. The lowest BCUT2D eigenvalue weighted by molar-refractivity contribution is 0.602. The summed E-state index contributed by atoms with van der Waals surface area (Å²) in [5, 5.41) is 1.07. The van der Waals surface area contributed by atoms with Crippen LogP contribution in [-0.2, 0) is 0 Å². The smallest absolute Gasteiger partial charge is 0.136 e. The standard InChI is InChI=1S/C17H15FN2S/c18-14-6-2-4-8-17(14)21-11-15(19)13-9-12-5-1-3-7-16(12)20-10-13/h1-10,15H,11,19H2. The van der Waals surface area contributed by atoms with Gasteiger partial charge in [-0.25, -0.2) is 4.39 Å². The Kier molecular flexibility index (Phi) is 4.18. The molecule has 0 saturated heterocycles. The van der Waals surface area contributed by atoms with Gasteiger partial charge in [0.05, 0.1) is 5.52 Å². The Morgan fingerprint density at radius 3 is 2.71 bits per heavy atom. The number of aromatic nitrogens is 1. The van der Waals surface area contributed by atoms with Crippen molar-refractivity contribution in [2.45, 2.75) is 10.9 Å². The quantitative estimate of drug-likeness (QED) is 0.735. The summed E-state index contributed by atoms with van der Waals surface area (Å²) in [7, 11) is 0. The van der Waals surface area contributed by atoms with Gasteiger partial charge >= 0.3 is 0 Å². The first-order valence-electron chi connectivity index (χ1n) is 6.71. The van der Waals surface area contributed by atoms with Crippen LogP contribution in [0, 0.1) is 5.82 Å². The van der Waals surface area contributed by atoms with E-state index in [1.165, 1.54) is 17.8 Å². The summed E-state index contributed by atoms with van der Waals surface area (Å²) in [5.74, 6) is 0.410. The van der Waals surface area contributed by atoms with Gasteiger partial charge in [0.1, 0.15) is 5.82 Å². The number of thioether (sulfide) groups is 1. The largest absolute Gasteiger partial charge is 0.323 e. The van der Waals surface area contributed by atoms with Gasteiger partial charge in [-0.3, -0.25) is 4.98 Å². The van der Waals surface area contributed by atoms with Gasteiger partial charge in [-0.15, -0.1) is 11.8 Å². The minimum atomic E-state index is -0.202. The van der Waals surface area contributed by atoms with Gasteiger partial charge in [0.15, 0.2) is 0 Å². The minimum Gasteiger partial charge on any atom is -0.323 e. The van der Waals surface area contributed by atoms with E-state index in [9.17, 15) is 4.39 Å².